The highest BCUT2D eigenvalue weighted by molar-refractivity contribution is 5.72. The maximum atomic E-state index is 13.1. The lowest BCUT2D eigenvalue weighted by molar-refractivity contribution is 0.105. The SMILES string of the molecule is CN(Cc1nc2cc(F)ccc2o1)CC1CCCC1O. The van der Waals surface area contributed by atoms with Gasteiger partial charge in [-0.3, -0.25) is 4.90 Å². The number of fused-ring (bicyclic) bond motifs is 1. The number of aliphatic hydroxyl groups is 1. The minimum absolute atomic E-state index is 0.185. The van der Waals surface area contributed by atoms with E-state index >= 15 is 0 Å². The molecule has 2 unspecified atom stereocenters. The average Bonchev–Trinajstić information content (AvgIpc) is 2.95. The maximum absolute atomic E-state index is 13.1. The van der Waals surface area contributed by atoms with Crippen molar-refractivity contribution in [3.05, 3.63) is 29.9 Å². The van der Waals surface area contributed by atoms with Gasteiger partial charge in [0.2, 0.25) is 5.89 Å². The van der Waals surface area contributed by atoms with E-state index in [0.29, 0.717) is 29.5 Å². The molecule has 20 heavy (non-hydrogen) atoms. The van der Waals surface area contributed by atoms with Gasteiger partial charge in [-0.05, 0) is 37.9 Å². The van der Waals surface area contributed by atoms with E-state index in [9.17, 15) is 9.50 Å². The topological polar surface area (TPSA) is 49.5 Å². The highest BCUT2D eigenvalue weighted by Crippen LogP contribution is 2.26. The van der Waals surface area contributed by atoms with Gasteiger partial charge in [-0.1, -0.05) is 6.42 Å². The van der Waals surface area contributed by atoms with Crippen LogP contribution in [-0.4, -0.2) is 34.7 Å². The molecule has 0 spiro atoms. The highest BCUT2D eigenvalue weighted by Gasteiger charge is 2.26. The van der Waals surface area contributed by atoms with E-state index in [1.807, 2.05) is 7.05 Å². The molecule has 2 atom stereocenters. The van der Waals surface area contributed by atoms with Gasteiger partial charge in [0.1, 0.15) is 11.3 Å². The van der Waals surface area contributed by atoms with Crippen molar-refractivity contribution >= 4 is 11.1 Å². The van der Waals surface area contributed by atoms with Crippen LogP contribution in [0.2, 0.25) is 0 Å². The van der Waals surface area contributed by atoms with Gasteiger partial charge in [-0.2, -0.15) is 0 Å². The van der Waals surface area contributed by atoms with Gasteiger partial charge in [0.15, 0.2) is 5.58 Å². The molecule has 1 N–H and O–H groups in total. The Kier molecular flexibility index (Phi) is 3.72. The molecule has 2 aromatic rings. The molecule has 1 aromatic carbocycles. The Morgan fingerprint density at radius 2 is 2.30 bits per heavy atom. The normalized spacial score (nSPS) is 23.0. The number of oxazole rings is 1. The first-order valence-electron chi connectivity index (χ1n) is 7.03. The molecule has 5 heteroatoms. The van der Waals surface area contributed by atoms with E-state index in [1.54, 1.807) is 6.07 Å². The number of nitrogens with zero attached hydrogens (tertiary/aromatic N) is 2. The van der Waals surface area contributed by atoms with Crippen LogP contribution in [0.15, 0.2) is 22.6 Å². The van der Waals surface area contributed by atoms with Crippen LogP contribution in [0, 0.1) is 11.7 Å². The van der Waals surface area contributed by atoms with Crippen LogP contribution in [0.25, 0.3) is 11.1 Å². The van der Waals surface area contributed by atoms with E-state index in [1.165, 1.54) is 12.1 Å². The zero-order valence-electron chi connectivity index (χ0n) is 11.6. The fourth-order valence-corrected chi connectivity index (χ4v) is 2.94. The lowest BCUT2D eigenvalue weighted by atomic mass is 10.1. The van der Waals surface area contributed by atoms with Crippen LogP contribution in [0.3, 0.4) is 0 Å². The summed E-state index contributed by atoms with van der Waals surface area (Å²) in [6.45, 7) is 1.40. The second-order valence-electron chi connectivity index (χ2n) is 5.67. The highest BCUT2D eigenvalue weighted by atomic mass is 19.1. The van der Waals surface area contributed by atoms with Gasteiger partial charge in [-0.25, -0.2) is 9.37 Å². The quantitative estimate of drug-likeness (QED) is 0.933. The van der Waals surface area contributed by atoms with Crippen molar-refractivity contribution < 1.29 is 13.9 Å². The summed E-state index contributed by atoms with van der Waals surface area (Å²) < 4.78 is 18.7. The maximum Gasteiger partial charge on any atom is 0.209 e. The van der Waals surface area contributed by atoms with Gasteiger partial charge in [-0.15, -0.1) is 0 Å². The van der Waals surface area contributed by atoms with Crippen molar-refractivity contribution in [2.75, 3.05) is 13.6 Å². The summed E-state index contributed by atoms with van der Waals surface area (Å²) in [6, 6.07) is 4.35. The second kappa shape index (κ2) is 5.50. The Morgan fingerprint density at radius 1 is 1.45 bits per heavy atom. The smallest absolute Gasteiger partial charge is 0.209 e. The summed E-state index contributed by atoms with van der Waals surface area (Å²) in [6.07, 6.45) is 2.89. The minimum atomic E-state index is -0.306. The Morgan fingerprint density at radius 3 is 3.05 bits per heavy atom. The van der Waals surface area contributed by atoms with Crippen LogP contribution in [0.5, 0.6) is 0 Å². The Labute approximate surface area is 117 Å². The van der Waals surface area contributed by atoms with Gasteiger partial charge in [0.05, 0.1) is 12.6 Å². The molecule has 108 valence electrons. The van der Waals surface area contributed by atoms with Crippen LogP contribution < -0.4 is 0 Å². The van der Waals surface area contributed by atoms with Crippen LogP contribution >= 0.6 is 0 Å². The summed E-state index contributed by atoms with van der Waals surface area (Å²) in [5.41, 5.74) is 1.16. The van der Waals surface area contributed by atoms with Crippen LogP contribution in [0.1, 0.15) is 25.2 Å². The number of rotatable bonds is 4. The molecule has 1 heterocycles. The molecule has 4 nitrogen and oxygen atoms in total. The molecular formula is C15H19FN2O2. The largest absolute Gasteiger partial charge is 0.439 e. The summed E-state index contributed by atoms with van der Waals surface area (Å²) >= 11 is 0. The summed E-state index contributed by atoms with van der Waals surface area (Å²) in [7, 11) is 1.99. The van der Waals surface area contributed by atoms with Crippen molar-refractivity contribution in [3.63, 3.8) is 0 Å². The fourth-order valence-electron chi connectivity index (χ4n) is 2.94. The third-order valence-corrected chi connectivity index (χ3v) is 3.96. The number of hydrogen-bond donors (Lipinski definition) is 1. The molecular weight excluding hydrogens is 259 g/mol. The van der Waals surface area contributed by atoms with Gasteiger partial charge in [0.25, 0.3) is 0 Å². The number of benzene rings is 1. The van der Waals surface area contributed by atoms with Gasteiger partial charge < -0.3 is 9.52 Å². The van der Waals surface area contributed by atoms with Crippen molar-refractivity contribution in [2.24, 2.45) is 5.92 Å². The van der Waals surface area contributed by atoms with E-state index < -0.39 is 0 Å². The van der Waals surface area contributed by atoms with Gasteiger partial charge in [0, 0.05) is 12.6 Å². The molecule has 0 bridgehead atoms. The molecule has 1 fully saturated rings. The van der Waals surface area contributed by atoms with E-state index in [4.69, 9.17) is 4.42 Å². The van der Waals surface area contributed by atoms with Gasteiger partial charge >= 0.3 is 0 Å². The molecule has 1 aliphatic carbocycles. The summed E-state index contributed by atoms with van der Waals surface area (Å²) in [5, 5.41) is 9.84. The first kappa shape index (κ1) is 13.5. The third-order valence-electron chi connectivity index (χ3n) is 3.96. The third kappa shape index (κ3) is 2.83. The standard InChI is InChI=1S/C15H19FN2O2/c1-18(8-10-3-2-4-13(10)19)9-15-17-12-7-11(16)5-6-14(12)20-15/h5-7,10,13,19H,2-4,8-9H2,1H3. The van der Waals surface area contributed by atoms with Crippen molar-refractivity contribution in [2.45, 2.75) is 31.9 Å². The van der Waals surface area contributed by atoms with Crippen LogP contribution in [-0.2, 0) is 6.54 Å². The Hall–Kier alpha value is -1.46. The lowest BCUT2D eigenvalue weighted by Crippen LogP contribution is -2.29. The zero-order valence-corrected chi connectivity index (χ0v) is 11.6. The summed E-state index contributed by atoms with van der Waals surface area (Å²) in [4.78, 5) is 6.39. The number of halogens is 1. The predicted octanol–water partition coefficient (Wildman–Crippen LogP) is 2.56. The van der Waals surface area contributed by atoms with Crippen molar-refractivity contribution in [1.29, 1.82) is 0 Å². The number of aromatic nitrogens is 1. The predicted molar refractivity (Wildman–Crippen MR) is 73.6 cm³/mol. The molecule has 0 saturated heterocycles. The first-order valence-corrected chi connectivity index (χ1v) is 7.03. The lowest BCUT2D eigenvalue weighted by Gasteiger charge is -2.21. The van der Waals surface area contributed by atoms with Crippen molar-refractivity contribution in [3.8, 4) is 0 Å². The summed E-state index contributed by atoms with van der Waals surface area (Å²) in [5.74, 6) is 0.613. The molecule has 1 aromatic heterocycles. The minimum Gasteiger partial charge on any atom is -0.439 e. The average molecular weight is 278 g/mol. The number of hydrogen-bond acceptors (Lipinski definition) is 4. The van der Waals surface area contributed by atoms with E-state index in [2.05, 4.69) is 9.88 Å². The van der Waals surface area contributed by atoms with E-state index in [0.717, 1.165) is 25.8 Å². The molecule has 0 amide bonds. The first-order chi connectivity index (χ1) is 9.61. The molecule has 0 radical (unpaired) electrons. The number of aliphatic hydroxyl groups excluding tert-OH is 1. The molecule has 1 saturated carbocycles. The zero-order chi connectivity index (χ0) is 14.1. The Bertz CT molecular complexity index is 599. The molecule has 3 rings (SSSR count). The van der Waals surface area contributed by atoms with E-state index in [-0.39, 0.29) is 11.9 Å². The van der Waals surface area contributed by atoms with Crippen LogP contribution in [0.4, 0.5) is 4.39 Å². The fraction of sp³-hybridized carbons (Fsp3) is 0.533. The Balaban J connectivity index is 1.66. The second-order valence-corrected chi connectivity index (χ2v) is 5.67. The molecule has 1 aliphatic rings. The monoisotopic (exact) mass is 278 g/mol. The molecule has 0 aliphatic heterocycles. The van der Waals surface area contributed by atoms with Crippen molar-refractivity contribution in [1.82, 2.24) is 9.88 Å².